The molecule has 1 N–H and O–H groups in total. The van der Waals surface area contributed by atoms with E-state index in [1.54, 1.807) is 26.8 Å². The van der Waals surface area contributed by atoms with Gasteiger partial charge in [0.15, 0.2) is 0 Å². The lowest BCUT2D eigenvalue weighted by atomic mass is 10.1. The fourth-order valence-corrected chi connectivity index (χ4v) is 1.81. The zero-order valence-corrected chi connectivity index (χ0v) is 10.0. The topological polar surface area (TPSA) is 59.7 Å². The second-order valence-electron chi connectivity index (χ2n) is 3.89. The third-order valence-electron chi connectivity index (χ3n) is 2.66. The molecule has 0 radical (unpaired) electrons. The Balaban J connectivity index is 2.66. The van der Waals surface area contributed by atoms with Gasteiger partial charge in [-0.25, -0.2) is 4.79 Å². The highest BCUT2D eigenvalue weighted by atomic mass is 16.5. The molecule has 0 aliphatic carbocycles. The molecule has 2 rings (SSSR count). The molecule has 4 heteroatoms. The molecule has 4 nitrogen and oxygen atoms in total. The number of carbonyl (C=O) groups excluding carboxylic acids is 1. The van der Waals surface area contributed by atoms with E-state index in [0.29, 0.717) is 34.5 Å². The zero-order chi connectivity index (χ0) is 12.6. The lowest BCUT2D eigenvalue weighted by molar-refractivity contribution is 0.0526. The number of phenolic OH excluding ortho intramolecular Hbond substituents is 1. The molecule has 0 amide bonds. The molecular weight excluding hydrogens is 220 g/mol. The quantitative estimate of drug-likeness (QED) is 0.811. The van der Waals surface area contributed by atoms with Crippen molar-refractivity contribution >= 4 is 16.9 Å². The molecule has 0 unspecified atom stereocenters. The third kappa shape index (κ3) is 1.86. The molecule has 0 saturated heterocycles. The van der Waals surface area contributed by atoms with Gasteiger partial charge in [-0.15, -0.1) is 0 Å². The van der Waals surface area contributed by atoms with Gasteiger partial charge in [0.1, 0.15) is 22.7 Å². The highest BCUT2D eigenvalue weighted by Gasteiger charge is 2.20. The van der Waals surface area contributed by atoms with Crippen LogP contribution < -0.4 is 0 Å². The van der Waals surface area contributed by atoms with E-state index in [2.05, 4.69) is 0 Å². The molecule has 17 heavy (non-hydrogen) atoms. The monoisotopic (exact) mass is 234 g/mol. The van der Waals surface area contributed by atoms with E-state index in [1.165, 1.54) is 6.07 Å². The fraction of sp³-hybridized carbons (Fsp3) is 0.308. The van der Waals surface area contributed by atoms with Gasteiger partial charge in [-0.1, -0.05) is 0 Å². The van der Waals surface area contributed by atoms with E-state index in [-0.39, 0.29) is 5.75 Å². The van der Waals surface area contributed by atoms with E-state index in [0.717, 1.165) is 0 Å². The number of aryl methyl sites for hydroxylation is 2. The van der Waals surface area contributed by atoms with Crippen LogP contribution in [-0.2, 0) is 4.74 Å². The number of phenols is 1. The maximum atomic E-state index is 11.8. The van der Waals surface area contributed by atoms with E-state index < -0.39 is 5.97 Å². The summed E-state index contributed by atoms with van der Waals surface area (Å²) in [4.78, 5) is 11.8. The van der Waals surface area contributed by atoms with Gasteiger partial charge in [-0.05, 0) is 38.5 Å². The number of carbonyl (C=O) groups is 1. The molecule has 0 fully saturated rings. The lowest BCUT2D eigenvalue weighted by Gasteiger charge is -2.01. The van der Waals surface area contributed by atoms with E-state index in [1.807, 2.05) is 0 Å². The number of rotatable bonds is 2. The first-order valence-electron chi connectivity index (χ1n) is 5.44. The molecule has 0 aliphatic rings. The summed E-state index contributed by atoms with van der Waals surface area (Å²) in [6.45, 7) is 5.54. The summed E-state index contributed by atoms with van der Waals surface area (Å²) in [7, 11) is 0. The van der Waals surface area contributed by atoms with Crippen LogP contribution in [0.5, 0.6) is 5.75 Å². The molecule has 1 aromatic heterocycles. The Kier molecular flexibility index (Phi) is 2.79. The molecule has 0 aliphatic heterocycles. The molecule has 90 valence electrons. The smallest absolute Gasteiger partial charge is 0.342 e. The number of furan rings is 1. The van der Waals surface area contributed by atoms with Crippen molar-refractivity contribution in [2.24, 2.45) is 0 Å². The Morgan fingerprint density at radius 3 is 2.76 bits per heavy atom. The van der Waals surface area contributed by atoms with Crippen LogP contribution in [0.3, 0.4) is 0 Å². The van der Waals surface area contributed by atoms with Crippen molar-refractivity contribution in [1.82, 2.24) is 0 Å². The minimum Gasteiger partial charge on any atom is -0.508 e. The minimum absolute atomic E-state index is 0.142. The first kappa shape index (κ1) is 11.5. The number of fused-ring (bicyclic) bond motifs is 1. The van der Waals surface area contributed by atoms with Crippen molar-refractivity contribution in [1.29, 1.82) is 0 Å². The van der Waals surface area contributed by atoms with Crippen LogP contribution in [0.15, 0.2) is 16.5 Å². The van der Waals surface area contributed by atoms with Gasteiger partial charge >= 0.3 is 5.97 Å². The van der Waals surface area contributed by atoms with Gasteiger partial charge in [0, 0.05) is 5.39 Å². The number of benzene rings is 1. The van der Waals surface area contributed by atoms with Crippen molar-refractivity contribution < 1.29 is 19.1 Å². The van der Waals surface area contributed by atoms with Gasteiger partial charge in [0.05, 0.1) is 6.61 Å². The Hall–Kier alpha value is -1.97. The normalized spacial score (nSPS) is 10.8. The largest absolute Gasteiger partial charge is 0.508 e. The lowest BCUT2D eigenvalue weighted by Crippen LogP contribution is -2.05. The summed E-state index contributed by atoms with van der Waals surface area (Å²) in [5, 5.41) is 10.3. The van der Waals surface area contributed by atoms with E-state index >= 15 is 0 Å². The van der Waals surface area contributed by atoms with Crippen LogP contribution in [0.1, 0.15) is 28.6 Å². The Morgan fingerprint density at radius 2 is 2.12 bits per heavy atom. The van der Waals surface area contributed by atoms with Crippen molar-refractivity contribution in [3.63, 3.8) is 0 Å². The molecule has 0 bridgehead atoms. The second-order valence-corrected chi connectivity index (χ2v) is 3.89. The first-order valence-corrected chi connectivity index (χ1v) is 5.44. The average Bonchev–Trinajstić information content (AvgIpc) is 2.55. The van der Waals surface area contributed by atoms with Gasteiger partial charge in [-0.3, -0.25) is 0 Å². The summed E-state index contributed by atoms with van der Waals surface area (Å²) >= 11 is 0. The van der Waals surface area contributed by atoms with Crippen molar-refractivity contribution in [3.05, 3.63) is 29.0 Å². The van der Waals surface area contributed by atoms with Crippen LogP contribution >= 0.6 is 0 Å². The molecule has 1 aromatic carbocycles. The summed E-state index contributed by atoms with van der Waals surface area (Å²) in [5.74, 6) is 0.222. The number of esters is 1. The number of ether oxygens (including phenoxy) is 1. The van der Waals surface area contributed by atoms with Gasteiger partial charge in [0.2, 0.25) is 0 Å². The van der Waals surface area contributed by atoms with Crippen molar-refractivity contribution in [3.8, 4) is 5.75 Å². The SMILES string of the molecule is CCOC(=O)c1c(C)oc2cc(C)c(O)cc12. The Morgan fingerprint density at radius 1 is 1.41 bits per heavy atom. The van der Waals surface area contributed by atoms with Crippen LogP contribution in [-0.4, -0.2) is 17.7 Å². The maximum absolute atomic E-state index is 11.8. The van der Waals surface area contributed by atoms with E-state index in [4.69, 9.17) is 9.15 Å². The third-order valence-corrected chi connectivity index (χ3v) is 2.66. The minimum atomic E-state index is -0.424. The molecule has 1 heterocycles. The fourth-order valence-electron chi connectivity index (χ4n) is 1.81. The second kappa shape index (κ2) is 4.13. The molecule has 2 aromatic rings. The van der Waals surface area contributed by atoms with Crippen LogP contribution in [0.25, 0.3) is 11.0 Å². The summed E-state index contributed by atoms with van der Waals surface area (Å²) in [6, 6.07) is 3.24. The predicted molar refractivity (Wildman–Crippen MR) is 63.3 cm³/mol. The molecule has 0 spiro atoms. The molecule has 0 atom stereocenters. The highest BCUT2D eigenvalue weighted by molar-refractivity contribution is 6.05. The number of hydrogen-bond donors (Lipinski definition) is 1. The molecular formula is C13H14O4. The van der Waals surface area contributed by atoms with Crippen LogP contribution in [0.4, 0.5) is 0 Å². The van der Waals surface area contributed by atoms with Crippen molar-refractivity contribution in [2.45, 2.75) is 20.8 Å². The average molecular weight is 234 g/mol. The van der Waals surface area contributed by atoms with Crippen LogP contribution in [0.2, 0.25) is 0 Å². The zero-order valence-electron chi connectivity index (χ0n) is 10.0. The molecule has 0 saturated carbocycles. The van der Waals surface area contributed by atoms with Gasteiger partial charge < -0.3 is 14.3 Å². The summed E-state index contributed by atoms with van der Waals surface area (Å²) in [5.41, 5.74) is 1.68. The van der Waals surface area contributed by atoms with Crippen LogP contribution in [0, 0.1) is 13.8 Å². The van der Waals surface area contributed by atoms with Gasteiger partial charge in [0.25, 0.3) is 0 Å². The Bertz CT molecular complexity index is 581. The summed E-state index contributed by atoms with van der Waals surface area (Å²) < 4.78 is 10.5. The number of hydrogen-bond acceptors (Lipinski definition) is 4. The number of aromatic hydroxyl groups is 1. The maximum Gasteiger partial charge on any atom is 0.342 e. The predicted octanol–water partition coefficient (Wildman–Crippen LogP) is 2.93. The Labute approximate surface area is 98.8 Å². The van der Waals surface area contributed by atoms with E-state index in [9.17, 15) is 9.90 Å². The first-order chi connectivity index (χ1) is 8.04. The van der Waals surface area contributed by atoms with Gasteiger partial charge in [-0.2, -0.15) is 0 Å². The summed E-state index contributed by atoms with van der Waals surface area (Å²) in [6.07, 6.45) is 0. The standard InChI is InChI=1S/C13H14O4/c1-4-16-13(15)12-8(3)17-11-5-7(2)10(14)6-9(11)12/h5-6,14H,4H2,1-3H3. The highest BCUT2D eigenvalue weighted by Crippen LogP contribution is 2.31. The van der Waals surface area contributed by atoms with Crippen molar-refractivity contribution in [2.75, 3.05) is 6.61 Å².